The van der Waals surface area contributed by atoms with E-state index in [9.17, 15) is 4.79 Å². The van der Waals surface area contributed by atoms with Gasteiger partial charge >= 0.3 is 6.01 Å². The Hall–Kier alpha value is -4.14. The first-order valence-corrected chi connectivity index (χ1v) is 11.2. The number of methoxy groups -OCH3 is 1. The number of amides is 1. The first kappa shape index (κ1) is 21.7. The normalized spacial score (nSPS) is 13.9. The van der Waals surface area contributed by atoms with Crippen molar-refractivity contribution in [3.63, 3.8) is 0 Å². The molecule has 0 aliphatic carbocycles. The fourth-order valence-corrected chi connectivity index (χ4v) is 4.24. The zero-order valence-electron chi connectivity index (χ0n) is 19.4. The number of carbonyl (C=O) groups excluding carboxylic acids is 1. The van der Waals surface area contributed by atoms with Gasteiger partial charge in [-0.3, -0.25) is 10.1 Å². The Kier molecular flexibility index (Phi) is 5.75. The molecule has 1 saturated heterocycles. The minimum Gasteiger partial charge on any atom is -0.497 e. The quantitative estimate of drug-likeness (QED) is 0.480. The number of aromatic nitrogens is 3. The second kappa shape index (κ2) is 9.01. The molecular formula is C25H26N6O3. The van der Waals surface area contributed by atoms with Gasteiger partial charge in [0.2, 0.25) is 5.95 Å². The Labute approximate surface area is 197 Å². The minimum atomic E-state index is -0.0475. The fourth-order valence-electron chi connectivity index (χ4n) is 4.24. The number of rotatable bonds is 5. The van der Waals surface area contributed by atoms with Gasteiger partial charge in [-0.2, -0.15) is 4.98 Å². The first-order valence-electron chi connectivity index (χ1n) is 11.2. The maximum absolute atomic E-state index is 13.3. The van der Waals surface area contributed by atoms with Gasteiger partial charge in [0.15, 0.2) is 5.58 Å². The van der Waals surface area contributed by atoms with Crippen molar-refractivity contribution in [2.75, 3.05) is 43.5 Å². The molecule has 0 atom stereocenters. The number of fused-ring (bicyclic) bond motifs is 1. The second-order valence-electron chi connectivity index (χ2n) is 8.19. The lowest BCUT2D eigenvalue weighted by atomic mass is 10.1. The second-order valence-corrected chi connectivity index (χ2v) is 8.19. The largest absolute Gasteiger partial charge is 0.497 e. The van der Waals surface area contributed by atoms with Gasteiger partial charge < -0.3 is 19.0 Å². The molecule has 2 aromatic heterocycles. The Balaban J connectivity index is 1.28. The van der Waals surface area contributed by atoms with E-state index in [1.54, 1.807) is 7.11 Å². The molecule has 0 spiro atoms. The molecule has 1 aliphatic rings. The highest BCUT2D eigenvalue weighted by molar-refractivity contribution is 5.96. The predicted molar refractivity (Wildman–Crippen MR) is 130 cm³/mol. The van der Waals surface area contributed by atoms with Crippen LogP contribution in [0.1, 0.15) is 21.7 Å². The summed E-state index contributed by atoms with van der Waals surface area (Å²) < 4.78 is 11.0. The van der Waals surface area contributed by atoms with Crippen LogP contribution in [0.5, 0.6) is 5.75 Å². The van der Waals surface area contributed by atoms with Crippen LogP contribution in [0.4, 0.5) is 17.7 Å². The molecule has 1 aliphatic heterocycles. The van der Waals surface area contributed by atoms with Crippen molar-refractivity contribution in [1.29, 1.82) is 0 Å². The zero-order valence-corrected chi connectivity index (χ0v) is 19.4. The van der Waals surface area contributed by atoms with E-state index in [0.717, 1.165) is 30.0 Å². The number of ether oxygens (including phenoxy) is 1. The lowest BCUT2D eigenvalue weighted by molar-refractivity contribution is 0.0744. The molecule has 3 heterocycles. The van der Waals surface area contributed by atoms with Crippen LogP contribution < -0.4 is 15.0 Å². The summed E-state index contributed by atoms with van der Waals surface area (Å²) in [6.45, 7) is 6.39. The van der Waals surface area contributed by atoms with Crippen LogP contribution in [0, 0.1) is 13.8 Å². The molecule has 0 saturated carbocycles. The highest BCUT2D eigenvalue weighted by Crippen LogP contribution is 2.24. The fraction of sp³-hybridized carbons (Fsp3) is 0.280. The summed E-state index contributed by atoms with van der Waals surface area (Å²) in [6.07, 6.45) is 0. The number of oxazole rings is 1. The van der Waals surface area contributed by atoms with Crippen LogP contribution in [-0.4, -0.2) is 59.0 Å². The van der Waals surface area contributed by atoms with E-state index in [-0.39, 0.29) is 5.91 Å². The van der Waals surface area contributed by atoms with Crippen LogP contribution in [0.15, 0.2) is 52.9 Å². The molecule has 0 bridgehead atoms. The maximum Gasteiger partial charge on any atom is 0.302 e. The summed E-state index contributed by atoms with van der Waals surface area (Å²) >= 11 is 0. The van der Waals surface area contributed by atoms with Gasteiger partial charge in [0.05, 0.1) is 24.1 Å². The number of aryl methyl sites for hydroxylation is 2. The number of nitrogens with zero attached hydrogens (tertiary/aromatic N) is 5. The molecule has 174 valence electrons. The van der Waals surface area contributed by atoms with E-state index >= 15 is 0 Å². The van der Waals surface area contributed by atoms with E-state index in [4.69, 9.17) is 9.15 Å². The molecule has 9 heteroatoms. The SMILES string of the molecule is COc1cccc(N2CCN(C(=O)c3c(C)nc(Nc4nc5ccccc5o4)nc3C)CC2)c1. The molecule has 0 radical (unpaired) electrons. The Morgan fingerprint density at radius 3 is 2.41 bits per heavy atom. The van der Waals surface area contributed by atoms with Crippen molar-refractivity contribution in [3.8, 4) is 5.75 Å². The van der Waals surface area contributed by atoms with E-state index in [0.29, 0.717) is 47.6 Å². The molecule has 4 aromatic rings. The van der Waals surface area contributed by atoms with Gasteiger partial charge in [-0.05, 0) is 38.1 Å². The summed E-state index contributed by atoms with van der Waals surface area (Å²) in [4.78, 5) is 30.9. The Bertz CT molecular complexity index is 1290. The minimum absolute atomic E-state index is 0.0475. The molecule has 1 fully saturated rings. The molecule has 2 aromatic carbocycles. The van der Waals surface area contributed by atoms with Crippen LogP contribution in [0.2, 0.25) is 0 Å². The van der Waals surface area contributed by atoms with Gasteiger partial charge in [-0.15, -0.1) is 0 Å². The number of hydrogen-bond acceptors (Lipinski definition) is 8. The summed E-state index contributed by atoms with van der Waals surface area (Å²) in [5, 5.41) is 3.01. The molecule has 0 unspecified atom stereocenters. The molecule has 1 N–H and O–H groups in total. The van der Waals surface area contributed by atoms with Crippen molar-refractivity contribution in [2.45, 2.75) is 13.8 Å². The van der Waals surface area contributed by atoms with E-state index < -0.39 is 0 Å². The lowest BCUT2D eigenvalue weighted by Gasteiger charge is -2.36. The van der Waals surface area contributed by atoms with Gasteiger partial charge in [0, 0.05) is 37.9 Å². The molecule has 1 amide bonds. The number of hydrogen-bond donors (Lipinski definition) is 1. The number of nitrogens with one attached hydrogen (secondary N) is 1. The van der Waals surface area contributed by atoms with Crippen molar-refractivity contribution in [1.82, 2.24) is 19.9 Å². The number of carbonyl (C=O) groups is 1. The van der Waals surface area contributed by atoms with Crippen molar-refractivity contribution in [3.05, 3.63) is 65.5 Å². The van der Waals surface area contributed by atoms with E-state index in [1.807, 2.05) is 61.2 Å². The third-order valence-electron chi connectivity index (χ3n) is 5.98. The summed E-state index contributed by atoms with van der Waals surface area (Å²) in [6, 6.07) is 15.8. The Morgan fingerprint density at radius 2 is 1.71 bits per heavy atom. The topological polar surface area (TPSA) is 96.6 Å². The van der Waals surface area contributed by atoms with Crippen molar-refractivity contribution in [2.24, 2.45) is 0 Å². The average Bonchev–Trinajstić information content (AvgIpc) is 3.26. The van der Waals surface area contributed by atoms with Crippen LogP contribution in [0.3, 0.4) is 0 Å². The molecule has 34 heavy (non-hydrogen) atoms. The Morgan fingerprint density at radius 1 is 0.971 bits per heavy atom. The van der Waals surface area contributed by atoms with Crippen LogP contribution >= 0.6 is 0 Å². The standard InChI is InChI=1S/C25H26N6O3/c1-16-22(17(2)27-24(26-16)29-25-28-20-9-4-5-10-21(20)34-25)23(32)31-13-11-30(12-14-31)18-7-6-8-19(15-18)33-3/h4-10,15H,11-14H2,1-3H3,(H,26,27,28,29). The highest BCUT2D eigenvalue weighted by Gasteiger charge is 2.26. The molecular weight excluding hydrogens is 432 g/mol. The van der Waals surface area contributed by atoms with Crippen molar-refractivity contribution < 1.29 is 13.9 Å². The third kappa shape index (κ3) is 4.24. The van der Waals surface area contributed by atoms with Crippen LogP contribution in [-0.2, 0) is 0 Å². The number of benzene rings is 2. The smallest absolute Gasteiger partial charge is 0.302 e. The zero-order chi connectivity index (χ0) is 23.7. The number of para-hydroxylation sites is 2. The van der Waals surface area contributed by atoms with E-state index in [2.05, 4.69) is 31.2 Å². The summed E-state index contributed by atoms with van der Waals surface area (Å²) in [5.41, 5.74) is 4.30. The maximum atomic E-state index is 13.3. The first-order chi connectivity index (χ1) is 16.5. The van der Waals surface area contributed by atoms with Gasteiger partial charge in [0.25, 0.3) is 5.91 Å². The van der Waals surface area contributed by atoms with Gasteiger partial charge in [-0.25, -0.2) is 9.97 Å². The monoisotopic (exact) mass is 458 g/mol. The number of piperazine rings is 1. The van der Waals surface area contributed by atoms with Gasteiger partial charge in [0.1, 0.15) is 11.3 Å². The van der Waals surface area contributed by atoms with Gasteiger partial charge in [-0.1, -0.05) is 18.2 Å². The summed E-state index contributed by atoms with van der Waals surface area (Å²) in [5.74, 6) is 1.13. The molecule has 9 nitrogen and oxygen atoms in total. The number of anilines is 3. The average molecular weight is 459 g/mol. The van der Waals surface area contributed by atoms with Crippen LogP contribution in [0.25, 0.3) is 11.1 Å². The molecule has 5 rings (SSSR count). The van der Waals surface area contributed by atoms with Crippen molar-refractivity contribution >= 4 is 34.7 Å². The third-order valence-corrected chi connectivity index (χ3v) is 5.98. The summed E-state index contributed by atoms with van der Waals surface area (Å²) in [7, 11) is 1.66. The predicted octanol–water partition coefficient (Wildman–Crippen LogP) is 3.95. The highest BCUT2D eigenvalue weighted by atomic mass is 16.5. The van der Waals surface area contributed by atoms with E-state index in [1.165, 1.54) is 0 Å². The lowest BCUT2D eigenvalue weighted by Crippen LogP contribution is -2.49.